The molecule has 2 unspecified atom stereocenters. The van der Waals surface area contributed by atoms with Crippen molar-refractivity contribution in [3.63, 3.8) is 0 Å². The first-order valence-corrected chi connectivity index (χ1v) is 8.55. The number of ether oxygens (including phenoxy) is 2. The molecule has 1 aromatic rings. The molecule has 0 aromatic heterocycles. The van der Waals surface area contributed by atoms with Gasteiger partial charge in [0.2, 0.25) is 0 Å². The molecule has 0 saturated carbocycles. The second-order valence-electron chi connectivity index (χ2n) is 6.63. The molecule has 0 bridgehead atoms. The molecule has 0 N–H and O–H groups in total. The fraction of sp³-hybridized carbons (Fsp3) is 0.579. The molecule has 2 atom stereocenters. The van der Waals surface area contributed by atoms with E-state index >= 15 is 0 Å². The summed E-state index contributed by atoms with van der Waals surface area (Å²) in [5, 5.41) is 0. The number of amides is 1. The van der Waals surface area contributed by atoms with Crippen molar-refractivity contribution in [1.82, 2.24) is 4.90 Å². The van der Waals surface area contributed by atoms with Crippen molar-refractivity contribution < 1.29 is 19.1 Å². The highest BCUT2D eigenvalue weighted by Crippen LogP contribution is 2.22. The average Bonchev–Trinajstić information content (AvgIpc) is 2.54. The van der Waals surface area contributed by atoms with Gasteiger partial charge in [-0.2, -0.15) is 0 Å². The van der Waals surface area contributed by atoms with E-state index in [-0.39, 0.29) is 31.2 Å². The number of hydrogen-bond acceptors (Lipinski definition) is 4. The van der Waals surface area contributed by atoms with Gasteiger partial charge in [0.15, 0.2) is 13.2 Å². The predicted octanol–water partition coefficient (Wildman–Crippen LogP) is 3.01. The number of esters is 1. The van der Waals surface area contributed by atoms with Crippen LogP contribution in [0.4, 0.5) is 0 Å². The Bertz CT molecular complexity index is 589. The molecule has 5 nitrogen and oxygen atoms in total. The van der Waals surface area contributed by atoms with E-state index in [9.17, 15) is 9.59 Å². The lowest BCUT2D eigenvalue weighted by Gasteiger charge is -2.38. The molecule has 1 saturated heterocycles. The lowest BCUT2D eigenvalue weighted by Crippen LogP contribution is -2.49. The molecular formula is C19H27NO4. The van der Waals surface area contributed by atoms with Crippen LogP contribution in [0.3, 0.4) is 0 Å². The lowest BCUT2D eigenvalue weighted by atomic mass is 9.97. The Kier molecular flexibility index (Phi) is 6.23. The van der Waals surface area contributed by atoms with Crippen LogP contribution >= 0.6 is 0 Å². The van der Waals surface area contributed by atoms with Gasteiger partial charge < -0.3 is 14.4 Å². The van der Waals surface area contributed by atoms with E-state index in [0.717, 1.165) is 24.8 Å². The van der Waals surface area contributed by atoms with Crippen LogP contribution in [0.5, 0.6) is 5.75 Å². The minimum atomic E-state index is -0.529. The Morgan fingerprint density at radius 3 is 2.38 bits per heavy atom. The third-order valence-corrected chi connectivity index (χ3v) is 4.67. The molecular weight excluding hydrogens is 306 g/mol. The fourth-order valence-electron chi connectivity index (χ4n) is 3.12. The summed E-state index contributed by atoms with van der Waals surface area (Å²) in [6.45, 7) is 7.67. The van der Waals surface area contributed by atoms with Crippen molar-refractivity contribution in [2.75, 3.05) is 13.2 Å². The summed E-state index contributed by atoms with van der Waals surface area (Å²) in [5.41, 5.74) is 2.27. The summed E-state index contributed by atoms with van der Waals surface area (Å²) in [5.74, 6) is -0.0345. The summed E-state index contributed by atoms with van der Waals surface area (Å²) in [6, 6.07) is 6.04. The molecule has 1 aliphatic heterocycles. The zero-order valence-electron chi connectivity index (χ0n) is 15.0. The zero-order chi connectivity index (χ0) is 17.7. The smallest absolute Gasteiger partial charge is 0.344 e. The van der Waals surface area contributed by atoms with Crippen LogP contribution in [0, 0.1) is 13.8 Å². The Labute approximate surface area is 143 Å². The highest BCUT2D eigenvalue weighted by atomic mass is 16.6. The van der Waals surface area contributed by atoms with Crippen LogP contribution in [0.1, 0.15) is 44.2 Å². The van der Waals surface area contributed by atoms with Crippen LogP contribution in [0.15, 0.2) is 18.2 Å². The van der Waals surface area contributed by atoms with Gasteiger partial charge in [0.1, 0.15) is 5.75 Å². The quantitative estimate of drug-likeness (QED) is 0.777. The van der Waals surface area contributed by atoms with Crippen LogP contribution < -0.4 is 4.74 Å². The largest absolute Gasteiger partial charge is 0.482 e. The Morgan fingerprint density at radius 1 is 1.08 bits per heavy atom. The third-order valence-electron chi connectivity index (χ3n) is 4.67. The Balaban J connectivity index is 1.78. The summed E-state index contributed by atoms with van der Waals surface area (Å²) >= 11 is 0. The van der Waals surface area contributed by atoms with Crippen molar-refractivity contribution in [3.8, 4) is 5.75 Å². The summed E-state index contributed by atoms with van der Waals surface area (Å²) in [6.07, 6.45) is 3.13. The summed E-state index contributed by atoms with van der Waals surface area (Å²) in [7, 11) is 0. The number of piperidine rings is 1. The first-order chi connectivity index (χ1) is 11.4. The van der Waals surface area contributed by atoms with Gasteiger partial charge in [-0.05, 0) is 70.2 Å². The maximum Gasteiger partial charge on any atom is 0.344 e. The maximum atomic E-state index is 12.3. The number of carbonyl (C=O) groups is 2. The van der Waals surface area contributed by atoms with Crippen LogP contribution in [-0.4, -0.2) is 42.1 Å². The van der Waals surface area contributed by atoms with Crippen LogP contribution in [-0.2, 0) is 14.3 Å². The Hall–Kier alpha value is -2.04. The standard InChI is InChI=1S/C19H27NO4/c1-13-8-9-17(10-14(13)2)23-12-19(22)24-11-18(21)20-15(3)6-5-7-16(20)4/h8-10,15-16H,5-7,11-12H2,1-4H3. The van der Waals surface area contributed by atoms with Gasteiger partial charge in [0.25, 0.3) is 5.91 Å². The number of carbonyl (C=O) groups excluding carboxylic acids is 2. The fourth-order valence-corrected chi connectivity index (χ4v) is 3.12. The molecule has 1 aromatic carbocycles. The minimum Gasteiger partial charge on any atom is -0.482 e. The van der Waals surface area contributed by atoms with Crippen LogP contribution in [0.25, 0.3) is 0 Å². The number of hydrogen-bond donors (Lipinski definition) is 0. The van der Waals surface area contributed by atoms with Crippen molar-refractivity contribution in [2.45, 2.75) is 59.0 Å². The second-order valence-corrected chi connectivity index (χ2v) is 6.63. The molecule has 24 heavy (non-hydrogen) atoms. The highest BCUT2D eigenvalue weighted by Gasteiger charge is 2.29. The van der Waals surface area contributed by atoms with Gasteiger partial charge in [0, 0.05) is 12.1 Å². The monoisotopic (exact) mass is 333 g/mol. The predicted molar refractivity (Wildman–Crippen MR) is 92.0 cm³/mol. The topological polar surface area (TPSA) is 55.8 Å². The van der Waals surface area contributed by atoms with E-state index in [1.54, 1.807) is 0 Å². The van der Waals surface area contributed by atoms with E-state index in [4.69, 9.17) is 9.47 Å². The van der Waals surface area contributed by atoms with Gasteiger partial charge in [0.05, 0.1) is 0 Å². The van der Waals surface area contributed by atoms with E-state index in [1.165, 1.54) is 5.56 Å². The lowest BCUT2D eigenvalue weighted by molar-refractivity contribution is -0.156. The molecule has 5 heteroatoms. The molecule has 1 heterocycles. The minimum absolute atomic E-state index is 0.130. The summed E-state index contributed by atoms with van der Waals surface area (Å²) in [4.78, 5) is 25.9. The molecule has 132 valence electrons. The van der Waals surface area contributed by atoms with E-state index in [2.05, 4.69) is 0 Å². The van der Waals surface area contributed by atoms with Crippen molar-refractivity contribution >= 4 is 11.9 Å². The van der Waals surface area contributed by atoms with Gasteiger partial charge in [-0.3, -0.25) is 4.79 Å². The van der Waals surface area contributed by atoms with Gasteiger partial charge in [-0.25, -0.2) is 4.79 Å². The molecule has 1 amide bonds. The number of benzene rings is 1. The maximum absolute atomic E-state index is 12.3. The van der Waals surface area contributed by atoms with E-state index in [1.807, 2.05) is 50.8 Å². The van der Waals surface area contributed by atoms with Gasteiger partial charge in [-0.15, -0.1) is 0 Å². The third kappa shape index (κ3) is 4.73. The molecule has 1 aliphatic rings. The normalized spacial score (nSPS) is 20.6. The SMILES string of the molecule is Cc1ccc(OCC(=O)OCC(=O)N2C(C)CCCC2C)cc1C. The average molecular weight is 333 g/mol. The summed E-state index contributed by atoms with van der Waals surface area (Å²) < 4.78 is 10.5. The zero-order valence-corrected chi connectivity index (χ0v) is 15.0. The molecule has 1 fully saturated rings. The van der Waals surface area contributed by atoms with Crippen molar-refractivity contribution in [1.29, 1.82) is 0 Å². The van der Waals surface area contributed by atoms with E-state index in [0.29, 0.717) is 5.75 Å². The first-order valence-electron chi connectivity index (χ1n) is 8.55. The molecule has 0 aliphatic carbocycles. The van der Waals surface area contributed by atoms with Crippen molar-refractivity contribution in [3.05, 3.63) is 29.3 Å². The number of aryl methyl sites for hydroxylation is 2. The molecule has 0 radical (unpaired) electrons. The Morgan fingerprint density at radius 2 is 1.75 bits per heavy atom. The molecule has 0 spiro atoms. The highest BCUT2D eigenvalue weighted by molar-refractivity contribution is 5.81. The van der Waals surface area contributed by atoms with Crippen LogP contribution in [0.2, 0.25) is 0 Å². The van der Waals surface area contributed by atoms with Crippen molar-refractivity contribution in [2.24, 2.45) is 0 Å². The van der Waals surface area contributed by atoms with Gasteiger partial charge in [-0.1, -0.05) is 6.07 Å². The number of likely N-dealkylation sites (tertiary alicyclic amines) is 1. The molecule has 2 rings (SSSR count). The second kappa shape index (κ2) is 8.18. The van der Waals surface area contributed by atoms with E-state index < -0.39 is 5.97 Å². The number of nitrogens with zero attached hydrogens (tertiary/aromatic N) is 1. The first kappa shape index (κ1) is 18.3. The number of rotatable bonds is 5. The van der Waals surface area contributed by atoms with Gasteiger partial charge >= 0.3 is 5.97 Å².